The number of urea groups is 1. The molecule has 0 spiro atoms. The van der Waals surface area contributed by atoms with Crippen LogP contribution in [0.5, 0.6) is 5.75 Å². The maximum atomic E-state index is 12.3. The van der Waals surface area contributed by atoms with E-state index in [1.165, 1.54) is 18.4 Å². The molecule has 3 fully saturated rings. The third-order valence-electron chi connectivity index (χ3n) is 5.88. The SMILES string of the molecule is Cc1ccc(OCCCCNC(=O)N2C[C@H]3[C@H](C2)[C@H]2CC[C@H]3O2)cc1. The number of aryl methyl sites for hydroxylation is 1. The van der Waals surface area contributed by atoms with Gasteiger partial charge < -0.3 is 19.7 Å². The number of likely N-dealkylation sites (tertiary alicyclic amines) is 1. The zero-order valence-corrected chi connectivity index (χ0v) is 14.9. The predicted molar refractivity (Wildman–Crippen MR) is 95.8 cm³/mol. The monoisotopic (exact) mass is 344 g/mol. The maximum Gasteiger partial charge on any atom is 0.317 e. The standard InChI is InChI=1S/C20H28N2O3/c1-14-4-6-15(7-5-14)24-11-3-2-10-21-20(23)22-12-16-17(13-22)19-9-8-18(16)25-19/h4-7,16-19H,2-3,8-13H2,1H3,(H,21,23)/t16-,17-,18+,19+/m0/s1. The Kier molecular flexibility index (Phi) is 4.84. The molecule has 136 valence electrons. The van der Waals surface area contributed by atoms with E-state index in [9.17, 15) is 4.79 Å². The van der Waals surface area contributed by atoms with E-state index in [0.29, 0.717) is 37.2 Å². The highest BCUT2D eigenvalue weighted by molar-refractivity contribution is 5.74. The van der Waals surface area contributed by atoms with Crippen LogP contribution in [0.25, 0.3) is 0 Å². The van der Waals surface area contributed by atoms with Crippen LogP contribution < -0.4 is 10.1 Å². The number of benzene rings is 1. The van der Waals surface area contributed by atoms with Gasteiger partial charge in [-0.15, -0.1) is 0 Å². The Labute approximate surface area is 149 Å². The second-order valence-electron chi connectivity index (χ2n) is 7.62. The minimum absolute atomic E-state index is 0.0910. The molecule has 0 saturated carbocycles. The van der Waals surface area contributed by atoms with E-state index in [1.54, 1.807) is 0 Å². The van der Waals surface area contributed by atoms with Gasteiger partial charge in [0.1, 0.15) is 5.75 Å². The summed E-state index contributed by atoms with van der Waals surface area (Å²) in [6, 6.07) is 8.19. The molecule has 5 nitrogen and oxygen atoms in total. The number of nitrogens with one attached hydrogen (secondary N) is 1. The quantitative estimate of drug-likeness (QED) is 0.807. The molecular weight excluding hydrogens is 316 g/mol. The highest BCUT2D eigenvalue weighted by atomic mass is 16.5. The van der Waals surface area contributed by atoms with E-state index in [0.717, 1.165) is 31.7 Å². The summed E-state index contributed by atoms with van der Waals surface area (Å²) in [6.07, 6.45) is 5.06. The molecule has 3 saturated heterocycles. The van der Waals surface area contributed by atoms with Crippen molar-refractivity contribution in [3.63, 3.8) is 0 Å². The first-order valence-electron chi connectivity index (χ1n) is 9.58. The number of carbonyl (C=O) groups excluding carboxylic acids is 1. The number of amides is 2. The summed E-state index contributed by atoms with van der Waals surface area (Å²) in [7, 11) is 0. The fraction of sp³-hybridized carbons (Fsp3) is 0.650. The number of ether oxygens (including phenoxy) is 2. The number of rotatable bonds is 6. The molecule has 25 heavy (non-hydrogen) atoms. The van der Waals surface area contributed by atoms with Gasteiger partial charge in [0.15, 0.2) is 0 Å². The molecule has 0 unspecified atom stereocenters. The molecule has 2 bridgehead atoms. The third kappa shape index (κ3) is 3.61. The summed E-state index contributed by atoms with van der Waals surface area (Å²) in [5, 5.41) is 3.06. The minimum atomic E-state index is 0.0910. The molecule has 1 aromatic carbocycles. The molecule has 3 aliphatic rings. The Bertz CT molecular complexity index is 585. The van der Waals surface area contributed by atoms with E-state index in [2.05, 4.69) is 24.4 Å². The summed E-state index contributed by atoms with van der Waals surface area (Å²) in [5.41, 5.74) is 1.24. The number of nitrogens with zero attached hydrogens (tertiary/aromatic N) is 1. The zero-order chi connectivity index (χ0) is 17.2. The fourth-order valence-electron chi connectivity index (χ4n) is 4.48. The smallest absolute Gasteiger partial charge is 0.317 e. The molecule has 2 amide bonds. The van der Waals surface area contributed by atoms with Crippen molar-refractivity contribution in [3.8, 4) is 5.75 Å². The highest BCUT2D eigenvalue weighted by Crippen LogP contribution is 2.47. The van der Waals surface area contributed by atoms with Crippen LogP contribution >= 0.6 is 0 Å². The van der Waals surface area contributed by atoms with Gasteiger partial charge in [-0.3, -0.25) is 0 Å². The first kappa shape index (κ1) is 16.7. The van der Waals surface area contributed by atoms with Gasteiger partial charge in [0.25, 0.3) is 0 Å². The van der Waals surface area contributed by atoms with Crippen LogP contribution in [0.3, 0.4) is 0 Å². The van der Waals surface area contributed by atoms with Crippen molar-refractivity contribution < 1.29 is 14.3 Å². The van der Waals surface area contributed by atoms with Crippen LogP contribution in [0.4, 0.5) is 4.79 Å². The third-order valence-corrected chi connectivity index (χ3v) is 5.88. The first-order valence-corrected chi connectivity index (χ1v) is 9.58. The molecule has 0 radical (unpaired) electrons. The topological polar surface area (TPSA) is 50.8 Å². The van der Waals surface area contributed by atoms with Crippen LogP contribution in [0.2, 0.25) is 0 Å². The predicted octanol–water partition coefficient (Wildman–Crippen LogP) is 2.97. The van der Waals surface area contributed by atoms with Crippen molar-refractivity contribution >= 4 is 6.03 Å². The fourth-order valence-corrected chi connectivity index (χ4v) is 4.48. The van der Waals surface area contributed by atoms with Gasteiger partial charge in [-0.2, -0.15) is 0 Å². The van der Waals surface area contributed by atoms with Gasteiger partial charge in [0, 0.05) is 31.5 Å². The number of unbranched alkanes of at least 4 members (excludes halogenated alkanes) is 1. The Morgan fingerprint density at radius 1 is 1.16 bits per heavy atom. The molecule has 4 rings (SSSR count). The van der Waals surface area contributed by atoms with Crippen molar-refractivity contribution in [1.82, 2.24) is 10.2 Å². The number of hydrogen-bond donors (Lipinski definition) is 1. The lowest BCUT2D eigenvalue weighted by molar-refractivity contribution is 0.0739. The van der Waals surface area contributed by atoms with Gasteiger partial charge in [-0.1, -0.05) is 17.7 Å². The Hall–Kier alpha value is -1.75. The second-order valence-corrected chi connectivity index (χ2v) is 7.62. The summed E-state index contributed by atoms with van der Waals surface area (Å²) >= 11 is 0. The Morgan fingerprint density at radius 2 is 1.84 bits per heavy atom. The van der Waals surface area contributed by atoms with Gasteiger partial charge >= 0.3 is 6.03 Å². The molecule has 3 aliphatic heterocycles. The Balaban J connectivity index is 1.10. The average molecular weight is 344 g/mol. The minimum Gasteiger partial charge on any atom is -0.494 e. The summed E-state index contributed by atoms with van der Waals surface area (Å²) in [4.78, 5) is 14.3. The molecule has 0 aliphatic carbocycles. The van der Waals surface area contributed by atoms with Crippen LogP contribution in [0, 0.1) is 18.8 Å². The molecule has 3 heterocycles. The lowest BCUT2D eigenvalue weighted by atomic mass is 9.82. The maximum absolute atomic E-state index is 12.3. The summed E-state index contributed by atoms with van der Waals surface area (Å²) < 4.78 is 11.7. The van der Waals surface area contributed by atoms with E-state index >= 15 is 0 Å². The molecular formula is C20H28N2O3. The van der Waals surface area contributed by atoms with Gasteiger partial charge in [-0.25, -0.2) is 4.79 Å². The molecule has 0 aromatic heterocycles. The van der Waals surface area contributed by atoms with Crippen LogP contribution in [0.15, 0.2) is 24.3 Å². The van der Waals surface area contributed by atoms with Gasteiger partial charge in [-0.05, 0) is 44.7 Å². The van der Waals surface area contributed by atoms with Crippen molar-refractivity contribution in [2.45, 2.75) is 44.8 Å². The number of hydrogen-bond acceptors (Lipinski definition) is 3. The van der Waals surface area contributed by atoms with E-state index in [-0.39, 0.29) is 6.03 Å². The normalized spacial score (nSPS) is 29.7. The van der Waals surface area contributed by atoms with Gasteiger partial charge in [0.05, 0.1) is 18.8 Å². The van der Waals surface area contributed by atoms with Crippen LogP contribution in [-0.2, 0) is 4.74 Å². The molecule has 1 aromatic rings. The number of fused-ring (bicyclic) bond motifs is 5. The second kappa shape index (κ2) is 7.24. The van der Waals surface area contributed by atoms with E-state index < -0.39 is 0 Å². The van der Waals surface area contributed by atoms with Crippen LogP contribution in [-0.4, -0.2) is 49.4 Å². The lowest BCUT2D eigenvalue weighted by Crippen LogP contribution is -2.40. The zero-order valence-electron chi connectivity index (χ0n) is 14.9. The average Bonchev–Trinajstić information content (AvgIpc) is 3.31. The largest absolute Gasteiger partial charge is 0.494 e. The molecule has 5 heteroatoms. The first-order chi connectivity index (χ1) is 12.2. The number of carbonyl (C=O) groups is 1. The van der Waals surface area contributed by atoms with Crippen molar-refractivity contribution in [2.24, 2.45) is 11.8 Å². The summed E-state index contributed by atoms with van der Waals surface area (Å²) in [6.45, 7) is 5.21. The van der Waals surface area contributed by atoms with Crippen molar-refractivity contribution in [1.29, 1.82) is 0 Å². The van der Waals surface area contributed by atoms with Crippen molar-refractivity contribution in [3.05, 3.63) is 29.8 Å². The highest BCUT2D eigenvalue weighted by Gasteiger charge is 2.53. The van der Waals surface area contributed by atoms with E-state index in [1.807, 2.05) is 17.0 Å². The van der Waals surface area contributed by atoms with Crippen LogP contribution in [0.1, 0.15) is 31.2 Å². The lowest BCUT2D eigenvalue weighted by Gasteiger charge is -2.19. The summed E-state index contributed by atoms with van der Waals surface area (Å²) in [5.74, 6) is 2.06. The van der Waals surface area contributed by atoms with E-state index in [4.69, 9.17) is 9.47 Å². The van der Waals surface area contributed by atoms with Crippen molar-refractivity contribution in [2.75, 3.05) is 26.2 Å². The van der Waals surface area contributed by atoms with Gasteiger partial charge in [0.2, 0.25) is 0 Å². The Morgan fingerprint density at radius 3 is 2.52 bits per heavy atom. The molecule has 1 N–H and O–H groups in total. The molecule has 4 atom stereocenters.